The van der Waals surface area contributed by atoms with Crippen molar-refractivity contribution in [3.05, 3.63) is 95.1 Å². The number of ether oxygens (including phenoxy) is 1. The molecule has 0 spiro atoms. The van der Waals surface area contributed by atoms with Gasteiger partial charge in [-0.05, 0) is 39.8 Å². The Balaban J connectivity index is 1.12. The molecular formula is C28H28N2O3. The van der Waals surface area contributed by atoms with Crippen molar-refractivity contribution in [2.45, 2.75) is 31.0 Å². The minimum absolute atomic E-state index is 0.0447. The Morgan fingerprint density at radius 2 is 1.52 bits per heavy atom. The van der Waals surface area contributed by atoms with Crippen molar-refractivity contribution >= 4 is 6.09 Å². The van der Waals surface area contributed by atoms with Gasteiger partial charge in [-0.3, -0.25) is 4.90 Å². The molecule has 5 nitrogen and oxygen atoms in total. The monoisotopic (exact) mass is 440 g/mol. The number of rotatable bonds is 3. The van der Waals surface area contributed by atoms with Crippen LogP contribution < -0.4 is 0 Å². The van der Waals surface area contributed by atoms with Gasteiger partial charge in [0.1, 0.15) is 6.61 Å². The second-order valence-corrected chi connectivity index (χ2v) is 9.33. The predicted octanol–water partition coefficient (Wildman–Crippen LogP) is 4.04. The van der Waals surface area contributed by atoms with Gasteiger partial charge in [0, 0.05) is 25.6 Å². The fourth-order valence-corrected chi connectivity index (χ4v) is 5.76. The summed E-state index contributed by atoms with van der Waals surface area (Å²) in [5, 5.41) is 10.8. The normalized spacial score (nSPS) is 22.0. The molecule has 1 amide bonds. The van der Waals surface area contributed by atoms with E-state index in [0.29, 0.717) is 19.7 Å². The average Bonchev–Trinajstić information content (AvgIpc) is 3.40. The Morgan fingerprint density at radius 3 is 2.24 bits per heavy atom. The van der Waals surface area contributed by atoms with Gasteiger partial charge >= 0.3 is 6.09 Å². The lowest BCUT2D eigenvalue weighted by Gasteiger charge is -2.34. The summed E-state index contributed by atoms with van der Waals surface area (Å²) < 4.78 is 5.82. The maximum Gasteiger partial charge on any atom is 0.409 e. The predicted molar refractivity (Wildman–Crippen MR) is 127 cm³/mol. The van der Waals surface area contributed by atoms with Crippen LogP contribution in [0.3, 0.4) is 0 Å². The molecule has 1 aliphatic carbocycles. The minimum atomic E-state index is -0.559. The molecule has 3 aromatic rings. The number of β-amino-alcohol motifs (C(OH)–C–C–N with tert-alkyl or cyclic N) is 1. The highest BCUT2D eigenvalue weighted by molar-refractivity contribution is 5.79. The van der Waals surface area contributed by atoms with E-state index < -0.39 is 6.10 Å². The molecule has 2 aliphatic heterocycles. The molecule has 2 heterocycles. The summed E-state index contributed by atoms with van der Waals surface area (Å²) in [4.78, 5) is 17.0. The maximum atomic E-state index is 13.0. The molecule has 5 heteroatoms. The second kappa shape index (κ2) is 8.32. The second-order valence-electron chi connectivity index (χ2n) is 9.33. The lowest BCUT2D eigenvalue weighted by atomic mass is 9.98. The molecular weight excluding hydrogens is 412 g/mol. The van der Waals surface area contributed by atoms with Crippen molar-refractivity contribution in [2.24, 2.45) is 0 Å². The van der Waals surface area contributed by atoms with E-state index in [-0.39, 0.29) is 18.1 Å². The number of hydrogen-bond donors (Lipinski definition) is 1. The molecule has 3 aliphatic rings. The quantitative estimate of drug-likeness (QED) is 0.668. The first-order valence-corrected chi connectivity index (χ1v) is 11.8. The fraction of sp³-hybridized carbons (Fsp3) is 0.321. The van der Waals surface area contributed by atoms with E-state index in [1.165, 1.54) is 33.4 Å². The van der Waals surface area contributed by atoms with Gasteiger partial charge in [0.25, 0.3) is 0 Å². The Labute approximate surface area is 194 Å². The summed E-state index contributed by atoms with van der Waals surface area (Å²) in [6, 6.07) is 25.1. The SMILES string of the molecule is O=C(OCC1c2ccccc2-c2ccccc21)N1C[C@@H](O)[C@H](N2CCc3ccccc3C2)C1. The molecule has 0 aromatic heterocycles. The molecule has 1 N–H and O–H groups in total. The molecule has 0 radical (unpaired) electrons. The van der Waals surface area contributed by atoms with E-state index in [9.17, 15) is 9.90 Å². The van der Waals surface area contributed by atoms with Gasteiger partial charge in [0.15, 0.2) is 0 Å². The van der Waals surface area contributed by atoms with Crippen molar-refractivity contribution < 1.29 is 14.6 Å². The van der Waals surface area contributed by atoms with Gasteiger partial charge in [0.05, 0.1) is 18.7 Å². The number of aliphatic hydroxyl groups excluding tert-OH is 1. The molecule has 1 fully saturated rings. The number of nitrogens with zero attached hydrogens (tertiary/aromatic N) is 2. The van der Waals surface area contributed by atoms with Gasteiger partial charge in [-0.2, -0.15) is 0 Å². The third-order valence-corrected chi connectivity index (χ3v) is 7.48. The van der Waals surface area contributed by atoms with Crippen LogP contribution in [0.5, 0.6) is 0 Å². The highest BCUT2D eigenvalue weighted by Gasteiger charge is 2.39. The zero-order valence-electron chi connectivity index (χ0n) is 18.6. The third-order valence-electron chi connectivity index (χ3n) is 7.48. The standard InChI is InChI=1S/C28H28N2O3/c31-27-17-30(16-26(27)29-14-13-19-7-1-2-8-20(19)15-29)28(32)33-18-25-23-11-5-3-9-21(23)22-10-4-6-12-24(22)25/h1-12,25-27,31H,13-18H2/t26-,27-/m1/s1. The third kappa shape index (κ3) is 3.62. The fourth-order valence-electron chi connectivity index (χ4n) is 5.76. The zero-order chi connectivity index (χ0) is 22.4. The summed E-state index contributed by atoms with van der Waals surface area (Å²) in [7, 11) is 0. The van der Waals surface area contributed by atoms with Gasteiger partial charge in [-0.25, -0.2) is 4.79 Å². The number of fused-ring (bicyclic) bond motifs is 4. The Bertz CT molecular complexity index is 1150. The summed E-state index contributed by atoms with van der Waals surface area (Å²) in [5.41, 5.74) is 7.55. The number of aliphatic hydroxyl groups is 1. The Hall–Kier alpha value is -3.15. The highest BCUT2D eigenvalue weighted by Crippen LogP contribution is 2.44. The topological polar surface area (TPSA) is 53.0 Å². The molecule has 0 bridgehead atoms. The van der Waals surface area contributed by atoms with Crippen molar-refractivity contribution in [1.29, 1.82) is 0 Å². The molecule has 2 atom stereocenters. The maximum absolute atomic E-state index is 13.0. The summed E-state index contributed by atoms with van der Waals surface area (Å²) >= 11 is 0. The molecule has 6 rings (SSSR count). The summed E-state index contributed by atoms with van der Waals surface area (Å²) in [5.74, 6) is 0.0447. The van der Waals surface area contributed by atoms with E-state index in [0.717, 1.165) is 19.5 Å². The zero-order valence-corrected chi connectivity index (χ0v) is 18.6. The number of carbonyl (C=O) groups excluding carboxylic acids is 1. The van der Waals surface area contributed by atoms with Crippen LogP contribution >= 0.6 is 0 Å². The van der Waals surface area contributed by atoms with Crippen LogP contribution in [-0.4, -0.2) is 59.4 Å². The van der Waals surface area contributed by atoms with E-state index >= 15 is 0 Å². The lowest BCUT2D eigenvalue weighted by Crippen LogP contribution is -2.45. The van der Waals surface area contributed by atoms with E-state index in [1.54, 1.807) is 4.90 Å². The number of benzene rings is 3. The summed E-state index contributed by atoms with van der Waals surface area (Å²) in [6.07, 6.45) is 0.0798. The largest absolute Gasteiger partial charge is 0.448 e. The number of hydrogen-bond acceptors (Lipinski definition) is 4. The van der Waals surface area contributed by atoms with Gasteiger partial charge in [-0.1, -0.05) is 72.8 Å². The Morgan fingerprint density at radius 1 is 0.879 bits per heavy atom. The minimum Gasteiger partial charge on any atom is -0.448 e. The van der Waals surface area contributed by atoms with Crippen LogP contribution in [0.4, 0.5) is 4.79 Å². The lowest BCUT2D eigenvalue weighted by molar-refractivity contribution is 0.0744. The van der Waals surface area contributed by atoms with Crippen molar-refractivity contribution in [1.82, 2.24) is 9.80 Å². The summed E-state index contributed by atoms with van der Waals surface area (Å²) in [6.45, 7) is 2.84. The van der Waals surface area contributed by atoms with E-state index in [2.05, 4.69) is 65.6 Å². The van der Waals surface area contributed by atoms with E-state index in [4.69, 9.17) is 4.74 Å². The van der Waals surface area contributed by atoms with Crippen LogP contribution in [0.2, 0.25) is 0 Å². The van der Waals surface area contributed by atoms with Crippen LogP contribution in [0.1, 0.15) is 28.2 Å². The van der Waals surface area contributed by atoms with Crippen molar-refractivity contribution in [3.8, 4) is 11.1 Å². The molecule has 0 saturated carbocycles. The molecule has 168 valence electrons. The van der Waals surface area contributed by atoms with Crippen LogP contribution in [0.25, 0.3) is 11.1 Å². The van der Waals surface area contributed by atoms with Crippen LogP contribution in [0, 0.1) is 0 Å². The van der Waals surface area contributed by atoms with Crippen molar-refractivity contribution in [3.63, 3.8) is 0 Å². The molecule has 0 unspecified atom stereocenters. The Kier molecular flexibility index (Phi) is 5.16. The van der Waals surface area contributed by atoms with Gasteiger partial charge in [0.2, 0.25) is 0 Å². The molecule has 3 aromatic carbocycles. The van der Waals surface area contributed by atoms with Crippen molar-refractivity contribution in [2.75, 3.05) is 26.2 Å². The first kappa shape index (κ1) is 20.5. The number of amides is 1. The number of likely N-dealkylation sites (tertiary alicyclic amines) is 1. The smallest absolute Gasteiger partial charge is 0.409 e. The first-order chi connectivity index (χ1) is 16.2. The van der Waals surface area contributed by atoms with Crippen LogP contribution in [-0.2, 0) is 17.7 Å². The highest BCUT2D eigenvalue weighted by atomic mass is 16.6. The molecule has 33 heavy (non-hydrogen) atoms. The molecule has 1 saturated heterocycles. The number of carbonyl (C=O) groups is 1. The average molecular weight is 441 g/mol. The van der Waals surface area contributed by atoms with Crippen LogP contribution in [0.15, 0.2) is 72.8 Å². The van der Waals surface area contributed by atoms with Gasteiger partial charge in [-0.15, -0.1) is 0 Å². The van der Waals surface area contributed by atoms with E-state index in [1.807, 2.05) is 12.1 Å². The first-order valence-electron chi connectivity index (χ1n) is 11.8. The van der Waals surface area contributed by atoms with Gasteiger partial charge < -0.3 is 14.7 Å².